The molecule has 1 N–H and O–H groups in total. The molecule has 2 aromatic heterocycles. The van der Waals surface area contributed by atoms with E-state index in [0.29, 0.717) is 16.0 Å². The molecule has 5 nitrogen and oxygen atoms in total. The van der Waals surface area contributed by atoms with E-state index in [1.807, 2.05) is 50.2 Å². The maximum Gasteiger partial charge on any atom is 0.329 e. The van der Waals surface area contributed by atoms with Crippen LogP contribution in [0, 0.1) is 0 Å². The third kappa shape index (κ3) is 2.87. The van der Waals surface area contributed by atoms with E-state index in [9.17, 15) is 14.7 Å². The van der Waals surface area contributed by atoms with Gasteiger partial charge in [0.1, 0.15) is 16.2 Å². The fourth-order valence-corrected chi connectivity index (χ4v) is 3.80. The molecule has 3 rings (SSSR count). The zero-order valence-corrected chi connectivity index (χ0v) is 15.4. The van der Waals surface area contributed by atoms with Crippen molar-refractivity contribution in [2.24, 2.45) is 0 Å². The van der Waals surface area contributed by atoms with Crippen molar-refractivity contribution in [3.05, 3.63) is 52.6 Å². The molecule has 0 radical (unpaired) electrons. The summed E-state index contributed by atoms with van der Waals surface area (Å²) in [6, 6.07) is 11.6. The van der Waals surface area contributed by atoms with Gasteiger partial charge in [-0.2, -0.15) is 0 Å². The number of carboxylic acids is 1. The van der Waals surface area contributed by atoms with Crippen LogP contribution in [0.2, 0.25) is 0 Å². The quantitative estimate of drug-likeness (QED) is 0.765. The van der Waals surface area contributed by atoms with Gasteiger partial charge in [0, 0.05) is 10.8 Å². The lowest BCUT2D eigenvalue weighted by atomic mass is 10.0. The van der Waals surface area contributed by atoms with E-state index < -0.39 is 11.5 Å². The van der Waals surface area contributed by atoms with Crippen LogP contribution in [0.25, 0.3) is 20.7 Å². The van der Waals surface area contributed by atoms with Gasteiger partial charge in [-0.3, -0.25) is 9.36 Å². The number of carbonyl (C=O) groups is 1. The molecule has 1 aromatic carbocycles. The normalized spacial score (nSPS) is 12.0. The summed E-state index contributed by atoms with van der Waals surface area (Å²) in [5, 5.41) is 10.1. The second-order valence-electron chi connectivity index (χ2n) is 6.82. The van der Waals surface area contributed by atoms with E-state index in [1.54, 1.807) is 0 Å². The number of thiophene rings is 1. The molecule has 6 heteroatoms. The number of fused-ring (bicyclic) bond motifs is 1. The number of hydrogen-bond acceptors (Lipinski definition) is 4. The first kappa shape index (κ1) is 17.4. The summed E-state index contributed by atoms with van der Waals surface area (Å²) in [5.41, 5.74) is -0.660. The maximum absolute atomic E-state index is 13.1. The SMILES string of the molecule is CC(C)c1nc2sc(-c3ccccc3)cc2c(=O)n1C(C)(C)C(=O)O. The lowest BCUT2D eigenvalue weighted by molar-refractivity contribution is -0.146. The lowest BCUT2D eigenvalue weighted by Crippen LogP contribution is -2.45. The van der Waals surface area contributed by atoms with E-state index in [0.717, 1.165) is 10.4 Å². The van der Waals surface area contributed by atoms with Crippen LogP contribution in [0.15, 0.2) is 41.2 Å². The largest absolute Gasteiger partial charge is 0.480 e. The molecule has 0 atom stereocenters. The molecule has 0 saturated heterocycles. The number of hydrogen-bond donors (Lipinski definition) is 1. The number of aromatic nitrogens is 2. The minimum absolute atomic E-state index is 0.0713. The molecule has 130 valence electrons. The van der Waals surface area contributed by atoms with E-state index in [-0.39, 0.29) is 11.5 Å². The molecule has 0 aliphatic rings. The van der Waals surface area contributed by atoms with E-state index >= 15 is 0 Å². The zero-order chi connectivity index (χ0) is 18.4. The van der Waals surface area contributed by atoms with Crippen LogP contribution in [-0.2, 0) is 10.3 Å². The monoisotopic (exact) mass is 356 g/mol. The van der Waals surface area contributed by atoms with Crippen molar-refractivity contribution in [1.29, 1.82) is 0 Å². The van der Waals surface area contributed by atoms with Gasteiger partial charge in [0.25, 0.3) is 5.56 Å². The Labute approximate surface area is 149 Å². The first-order valence-electron chi connectivity index (χ1n) is 8.09. The number of carboxylic acid groups (broad SMARTS) is 1. The highest BCUT2D eigenvalue weighted by Gasteiger charge is 2.34. The minimum atomic E-state index is -1.37. The summed E-state index contributed by atoms with van der Waals surface area (Å²) in [5.74, 6) is -0.638. The number of benzene rings is 1. The molecule has 0 aliphatic carbocycles. The lowest BCUT2D eigenvalue weighted by Gasteiger charge is -2.26. The van der Waals surface area contributed by atoms with Crippen LogP contribution >= 0.6 is 11.3 Å². The minimum Gasteiger partial charge on any atom is -0.480 e. The van der Waals surface area contributed by atoms with Crippen LogP contribution in [-0.4, -0.2) is 20.6 Å². The van der Waals surface area contributed by atoms with Crippen molar-refractivity contribution < 1.29 is 9.90 Å². The first-order chi connectivity index (χ1) is 11.7. The predicted molar refractivity (Wildman–Crippen MR) is 100 cm³/mol. The van der Waals surface area contributed by atoms with E-state index in [1.165, 1.54) is 29.8 Å². The van der Waals surface area contributed by atoms with Crippen molar-refractivity contribution in [1.82, 2.24) is 9.55 Å². The molecule has 2 heterocycles. The molecular formula is C19H20N2O3S. The number of aliphatic carboxylic acids is 1. The average molecular weight is 356 g/mol. The van der Waals surface area contributed by atoms with E-state index in [2.05, 4.69) is 4.98 Å². The molecule has 0 unspecified atom stereocenters. The summed E-state index contributed by atoms with van der Waals surface area (Å²) in [4.78, 5) is 31.1. The van der Waals surface area contributed by atoms with Gasteiger partial charge in [0.05, 0.1) is 5.39 Å². The fraction of sp³-hybridized carbons (Fsp3) is 0.316. The highest BCUT2D eigenvalue weighted by Crippen LogP contribution is 2.32. The molecule has 0 fully saturated rings. The van der Waals surface area contributed by atoms with Gasteiger partial charge in [0.15, 0.2) is 0 Å². The summed E-state index contributed by atoms with van der Waals surface area (Å²) < 4.78 is 1.32. The Bertz CT molecular complexity index is 1000. The third-order valence-corrected chi connectivity index (χ3v) is 5.33. The average Bonchev–Trinajstić information content (AvgIpc) is 2.99. The Morgan fingerprint density at radius 2 is 1.88 bits per heavy atom. The van der Waals surface area contributed by atoms with Crippen molar-refractivity contribution in [3.63, 3.8) is 0 Å². The van der Waals surface area contributed by atoms with Crippen LogP contribution < -0.4 is 5.56 Å². The topological polar surface area (TPSA) is 72.2 Å². The van der Waals surface area contributed by atoms with Gasteiger partial charge in [-0.05, 0) is 25.5 Å². The number of rotatable bonds is 4. The Morgan fingerprint density at radius 1 is 1.24 bits per heavy atom. The summed E-state index contributed by atoms with van der Waals surface area (Å²) in [7, 11) is 0. The van der Waals surface area contributed by atoms with Gasteiger partial charge >= 0.3 is 5.97 Å². The van der Waals surface area contributed by atoms with Crippen molar-refractivity contribution in [2.75, 3.05) is 0 Å². The Hall–Kier alpha value is -2.47. The molecule has 0 bridgehead atoms. The van der Waals surface area contributed by atoms with Gasteiger partial charge < -0.3 is 5.11 Å². The van der Waals surface area contributed by atoms with Gasteiger partial charge in [-0.25, -0.2) is 9.78 Å². The fourth-order valence-electron chi connectivity index (χ4n) is 2.76. The summed E-state index contributed by atoms with van der Waals surface area (Å²) in [6.07, 6.45) is 0. The summed E-state index contributed by atoms with van der Waals surface area (Å²) in [6.45, 7) is 6.88. The standard InChI is InChI=1S/C19H20N2O3S/c1-11(2)15-20-16-13(17(22)21(15)19(3,4)18(23)24)10-14(25-16)12-8-6-5-7-9-12/h5-11H,1-4H3,(H,23,24). The highest BCUT2D eigenvalue weighted by atomic mass is 32.1. The van der Waals surface area contributed by atoms with Crippen molar-refractivity contribution >= 4 is 27.5 Å². The highest BCUT2D eigenvalue weighted by molar-refractivity contribution is 7.21. The van der Waals surface area contributed by atoms with Crippen LogP contribution in [0.4, 0.5) is 0 Å². The van der Waals surface area contributed by atoms with Crippen LogP contribution in [0.5, 0.6) is 0 Å². The molecular weight excluding hydrogens is 336 g/mol. The second kappa shape index (κ2) is 6.11. The van der Waals surface area contributed by atoms with Crippen molar-refractivity contribution in [2.45, 2.75) is 39.2 Å². The predicted octanol–water partition coefficient (Wildman–Crippen LogP) is 4.07. The smallest absolute Gasteiger partial charge is 0.329 e. The Balaban J connectivity index is 2.34. The zero-order valence-electron chi connectivity index (χ0n) is 14.6. The molecule has 0 saturated carbocycles. The molecule has 0 spiro atoms. The van der Waals surface area contributed by atoms with Gasteiger partial charge in [-0.1, -0.05) is 44.2 Å². The van der Waals surface area contributed by atoms with Crippen LogP contribution in [0.1, 0.15) is 39.4 Å². The Kier molecular flexibility index (Phi) is 4.24. The maximum atomic E-state index is 13.1. The van der Waals surface area contributed by atoms with Crippen LogP contribution in [0.3, 0.4) is 0 Å². The van der Waals surface area contributed by atoms with Gasteiger partial charge in [-0.15, -0.1) is 11.3 Å². The first-order valence-corrected chi connectivity index (χ1v) is 8.91. The molecule has 0 amide bonds. The third-order valence-electron chi connectivity index (χ3n) is 4.25. The van der Waals surface area contributed by atoms with E-state index in [4.69, 9.17) is 0 Å². The van der Waals surface area contributed by atoms with Gasteiger partial charge in [0.2, 0.25) is 0 Å². The Morgan fingerprint density at radius 3 is 2.44 bits per heavy atom. The van der Waals surface area contributed by atoms with Crippen molar-refractivity contribution in [3.8, 4) is 10.4 Å². The molecule has 3 aromatic rings. The molecule has 25 heavy (non-hydrogen) atoms. The second-order valence-corrected chi connectivity index (χ2v) is 7.86. The summed E-state index contributed by atoms with van der Waals surface area (Å²) >= 11 is 1.45. The molecule has 0 aliphatic heterocycles. The number of nitrogens with zero attached hydrogens (tertiary/aromatic N) is 2.